The molecule has 5 rings (SSSR count). The Morgan fingerprint density at radius 1 is 0.793 bits per heavy atom. The lowest BCUT2D eigenvalue weighted by molar-refractivity contribution is -0.0917. The summed E-state index contributed by atoms with van der Waals surface area (Å²) in [5.74, 6) is 0.0536. The van der Waals surface area contributed by atoms with Gasteiger partial charge in [-0.15, -0.1) is 0 Å². The lowest BCUT2D eigenvalue weighted by atomic mass is 9.83. The highest BCUT2D eigenvalue weighted by Crippen LogP contribution is 2.39. The summed E-state index contributed by atoms with van der Waals surface area (Å²) in [4.78, 5) is 32.0. The molecule has 2 atom stereocenters. The summed E-state index contributed by atoms with van der Waals surface area (Å²) in [7, 11) is 0. The number of nitrogens with zero attached hydrogens (tertiary/aromatic N) is 3. The van der Waals surface area contributed by atoms with E-state index in [2.05, 4.69) is 4.90 Å². The van der Waals surface area contributed by atoms with Crippen LogP contribution in [0.1, 0.15) is 27.1 Å². The first-order valence-corrected chi connectivity index (χ1v) is 10.2. The zero-order chi connectivity index (χ0) is 20.0. The molecule has 3 saturated heterocycles. The van der Waals surface area contributed by atoms with Gasteiger partial charge in [0, 0.05) is 49.9 Å². The van der Waals surface area contributed by atoms with E-state index in [-0.39, 0.29) is 29.5 Å². The van der Waals surface area contributed by atoms with E-state index >= 15 is 0 Å². The van der Waals surface area contributed by atoms with E-state index in [0.717, 1.165) is 0 Å². The highest BCUT2D eigenvalue weighted by Gasteiger charge is 2.57. The first-order valence-electron chi connectivity index (χ1n) is 10.2. The largest absolute Gasteiger partial charge is 0.392 e. The van der Waals surface area contributed by atoms with Crippen LogP contribution in [-0.4, -0.2) is 82.0 Å². The van der Waals surface area contributed by atoms with Gasteiger partial charge in [-0.3, -0.25) is 14.5 Å². The van der Waals surface area contributed by atoms with Crippen LogP contribution in [-0.2, 0) is 0 Å². The molecule has 3 aliphatic heterocycles. The molecular weight excluding hydrogens is 366 g/mol. The maximum atomic E-state index is 13.1. The van der Waals surface area contributed by atoms with Crippen molar-refractivity contribution >= 4 is 11.8 Å². The van der Waals surface area contributed by atoms with Gasteiger partial charge in [0.25, 0.3) is 11.8 Å². The molecule has 2 aromatic carbocycles. The summed E-state index contributed by atoms with van der Waals surface area (Å²) in [6.07, 6.45) is 0.301. The Hall–Kier alpha value is -2.70. The number of piperazine rings is 1. The zero-order valence-corrected chi connectivity index (χ0v) is 16.3. The van der Waals surface area contributed by atoms with Crippen molar-refractivity contribution < 1.29 is 14.7 Å². The number of hydrogen-bond donors (Lipinski definition) is 1. The van der Waals surface area contributed by atoms with Crippen LogP contribution in [0.3, 0.4) is 0 Å². The number of aliphatic hydroxyl groups is 1. The second-order valence-corrected chi connectivity index (χ2v) is 8.50. The first-order chi connectivity index (χ1) is 14.1. The molecule has 6 nitrogen and oxygen atoms in total. The fourth-order valence-corrected chi connectivity index (χ4v) is 5.18. The minimum absolute atomic E-state index is 0.0267. The molecule has 0 aliphatic carbocycles. The van der Waals surface area contributed by atoms with Gasteiger partial charge in [0.05, 0.1) is 11.6 Å². The van der Waals surface area contributed by atoms with Gasteiger partial charge in [0.2, 0.25) is 0 Å². The summed E-state index contributed by atoms with van der Waals surface area (Å²) in [6, 6.07) is 18.8. The highest BCUT2D eigenvalue weighted by molar-refractivity contribution is 5.96. The average Bonchev–Trinajstić information content (AvgIpc) is 3.12. The molecule has 29 heavy (non-hydrogen) atoms. The SMILES string of the molecule is O=C(c1ccccc1)N1C[C@H]2C[C@@H](O)CN2C2(C1)CN(C(=O)c1ccccc1)C2. The van der Waals surface area contributed by atoms with Crippen LogP contribution in [0, 0.1) is 0 Å². The van der Waals surface area contributed by atoms with Gasteiger partial charge in [0.15, 0.2) is 0 Å². The van der Waals surface area contributed by atoms with Crippen molar-refractivity contribution in [2.75, 3.05) is 32.7 Å². The predicted octanol–water partition coefficient (Wildman–Crippen LogP) is 1.47. The van der Waals surface area contributed by atoms with Crippen LogP contribution in [0.2, 0.25) is 0 Å². The topological polar surface area (TPSA) is 64.1 Å². The summed E-state index contributed by atoms with van der Waals surface area (Å²) in [6.45, 7) is 3.00. The van der Waals surface area contributed by atoms with E-state index in [1.165, 1.54) is 0 Å². The van der Waals surface area contributed by atoms with Crippen molar-refractivity contribution in [3.63, 3.8) is 0 Å². The van der Waals surface area contributed by atoms with Gasteiger partial charge in [-0.2, -0.15) is 0 Å². The van der Waals surface area contributed by atoms with Gasteiger partial charge < -0.3 is 14.9 Å². The Balaban J connectivity index is 1.37. The smallest absolute Gasteiger partial charge is 0.253 e. The second kappa shape index (κ2) is 6.97. The Bertz CT molecular complexity index is 911. The number of fused-ring (bicyclic) bond motifs is 2. The van der Waals surface area contributed by atoms with Crippen molar-refractivity contribution in [2.24, 2.45) is 0 Å². The average molecular weight is 391 g/mol. The van der Waals surface area contributed by atoms with Gasteiger partial charge in [0.1, 0.15) is 0 Å². The number of carbonyl (C=O) groups is 2. The maximum Gasteiger partial charge on any atom is 0.253 e. The third-order valence-electron chi connectivity index (χ3n) is 6.50. The number of aliphatic hydroxyl groups excluding tert-OH is 1. The Labute approximate surface area is 170 Å². The molecule has 150 valence electrons. The Kier molecular flexibility index (Phi) is 4.41. The monoisotopic (exact) mass is 391 g/mol. The van der Waals surface area contributed by atoms with E-state index in [1.807, 2.05) is 70.5 Å². The molecule has 3 heterocycles. The van der Waals surface area contributed by atoms with Crippen LogP contribution in [0.4, 0.5) is 0 Å². The van der Waals surface area contributed by atoms with Crippen molar-refractivity contribution in [3.05, 3.63) is 71.8 Å². The fraction of sp³-hybridized carbons (Fsp3) is 0.391. The third-order valence-corrected chi connectivity index (χ3v) is 6.50. The Morgan fingerprint density at radius 3 is 1.90 bits per heavy atom. The summed E-state index contributed by atoms with van der Waals surface area (Å²) in [5.41, 5.74) is 1.11. The number of benzene rings is 2. The number of hydrogen-bond acceptors (Lipinski definition) is 4. The normalized spacial score (nSPS) is 25.6. The van der Waals surface area contributed by atoms with Crippen molar-refractivity contribution in [1.82, 2.24) is 14.7 Å². The lowest BCUT2D eigenvalue weighted by Crippen LogP contribution is -2.79. The molecule has 0 saturated carbocycles. The van der Waals surface area contributed by atoms with Gasteiger partial charge >= 0.3 is 0 Å². The van der Waals surface area contributed by atoms with E-state index in [0.29, 0.717) is 50.3 Å². The molecule has 0 bridgehead atoms. The predicted molar refractivity (Wildman–Crippen MR) is 109 cm³/mol. The van der Waals surface area contributed by atoms with Crippen LogP contribution >= 0.6 is 0 Å². The molecule has 0 unspecified atom stereocenters. The molecule has 2 aromatic rings. The van der Waals surface area contributed by atoms with Gasteiger partial charge in [-0.1, -0.05) is 36.4 Å². The lowest BCUT2D eigenvalue weighted by Gasteiger charge is -2.60. The highest BCUT2D eigenvalue weighted by atomic mass is 16.3. The first kappa shape index (κ1) is 18.3. The van der Waals surface area contributed by atoms with Crippen molar-refractivity contribution in [1.29, 1.82) is 0 Å². The minimum Gasteiger partial charge on any atom is -0.392 e. The summed E-state index contributed by atoms with van der Waals surface area (Å²) in [5, 5.41) is 10.3. The molecule has 1 spiro atoms. The van der Waals surface area contributed by atoms with E-state index in [4.69, 9.17) is 0 Å². The van der Waals surface area contributed by atoms with Gasteiger partial charge in [-0.25, -0.2) is 0 Å². The molecule has 6 heteroatoms. The number of carbonyl (C=O) groups excluding carboxylic acids is 2. The number of rotatable bonds is 2. The maximum absolute atomic E-state index is 13.1. The van der Waals surface area contributed by atoms with Crippen molar-refractivity contribution in [3.8, 4) is 0 Å². The molecule has 3 aliphatic rings. The molecule has 3 fully saturated rings. The van der Waals surface area contributed by atoms with E-state index in [9.17, 15) is 14.7 Å². The number of β-amino-alcohol motifs (C(OH)–C–C–N with tert-alkyl or cyclic N) is 1. The van der Waals surface area contributed by atoms with Crippen LogP contribution in [0.25, 0.3) is 0 Å². The van der Waals surface area contributed by atoms with Crippen LogP contribution < -0.4 is 0 Å². The van der Waals surface area contributed by atoms with E-state index in [1.54, 1.807) is 0 Å². The van der Waals surface area contributed by atoms with E-state index < -0.39 is 0 Å². The molecule has 0 radical (unpaired) electrons. The fourth-order valence-electron chi connectivity index (χ4n) is 5.18. The second-order valence-electron chi connectivity index (χ2n) is 8.50. The summed E-state index contributed by atoms with van der Waals surface area (Å²) < 4.78 is 0. The van der Waals surface area contributed by atoms with Crippen LogP contribution in [0.15, 0.2) is 60.7 Å². The minimum atomic E-state index is -0.373. The molecule has 1 N–H and O–H groups in total. The number of amides is 2. The number of likely N-dealkylation sites (tertiary alicyclic amines) is 1. The summed E-state index contributed by atoms with van der Waals surface area (Å²) >= 11 is 0. The van der Waals surface area contributed by atoms with Crippen LogP contribution in [0.5, 0.6) is 0 Å². The van der Waals surface area contributed by atoms with Crippen molar-refractivity contribution in [2.45, 2.75) is 24.1 Å². The zero-order valence-electron chi connectivity index (χ0n) is 16.3. The molecule has 0 aromatic heterocycles. The van der Waals surface area contributed by atoms with Gasteiger partial charge in [-0.05, 0) is 30.7 Å². The standard InChI is InChI=1S/C23H25N3O3/c27-20-11-19-12-24(21(28)17-7-3-1-4-8-17)14-23(26(19)13-20)15-25(16-23)22(29)18-9-5-2-6-10-18/h1-10,19-20,27H,11-16H2/t19-,20-/m1/s1. The quantitative estimate of drug-likeness (QED) is 0.842. The Morgan fingerprint density at radius 2 is 1.31 bits per heavy atom. The third kappa shape index (κ3) is 3.12. The molecular formula is C23H25N3O3. The molecule has 2 amide bonds.